The second-order valence-corrected chi connectivity index (χ2v) is 1.36. The monoisotopic (exact) mass is 113 g/mol. The minimum atomic E-state index is 0.826. The number of rotatable bonds is 2. The van der Waals surface area contributed by atoms with Gasteiger partial charge in [0.2, 0.25) is 0 Å². The maximum Gasteiger partial charge on any atom is 0.0775 e. The molecule has 0 aliphatic rings. The van der Waals surface area contributed by atoms with E-state index in [9.17, 15) is 0 Å². The van der Waals surface area contributed by atoms with Crippen LogP contribution in [0.1, 0.15) is 13.3 Å². The Morgan fingerprint density at radius 2 is 2.38 bits per heavy atom. The molecule has 0 aliphatic heterocycles. The first-order chi connectivity index (χ1) is 3.85. The van der Waals surface area contributed by atoms with Crippen molar-refractivity contribution in [3.63, 3.8) is 0 Å². The fourth-order valence-electron chi connectivity index (χ4n) is 0.365. The standard InChI is InChI=1S/C5H11N3/c1-3-5(8-6)4-7-2/h4H,3,6H2,1-2H3. The zero-order valence-electron chi connectivity index (χ0n) is 5.26. The molecule has 0 radical (unpaired) electrons. The minimum absolute atomic E-state index is 0.826. The van der Waals surface area contributed by atoms with Crippen LogP contribution < -0.4 is 5.84 Å². The highest BCUT2D eigenvalue weighted by molar-refractivity contribution is 6.30. The molecule has 0 bridgehead atoms. The Labute approximate surface area is 49.3 Å². The SMILES string of the molecule is CCC(C=NC)=NN. The number of hydrogen-bond acceptors (Lipinski definition) is 3. The third-order valence-electron chi connectivity index (χ3n) is 0.806. The van der Waals surface area contributed by atoms with Crippen LogP contribution in [0.3, 0.4) is 0 Å². The molecule has 0 spiro atoms. The molecule has 0 amide bonds. The zero-order chi connectivity index (χ0) is 6.41. The van der Waals surface area contributed by atoms with Gasteiger partial charge >= 0.3 is 0 Å². The number of nitrogens with two attached hydrogens (primary N) is 1. The van der Waals surface area contributed by atoms with Crippen molar-refractivity contribution in [1.82, 2.24) is 0 Å². The molecule has 2 N–H and O–H groups in total. The molecular formula is C5H11N3. The van der Waals surface area contributed by atoms with E-state index in [2.05, 4.69) is 10.1 Å². The Hall–Kier alpha value is -0.860. The smallest absolute Gasteiger partial charge is 0.0775 e. The lowest BCUT2D eigenvalue weighted by molar-refractivity contribution is 1.19. The molecule has 3 nitrogen and oxygen atoms in total. The first-order valence-corrected chi connectivity index (χ1v) is 2.54. The Balaban J connectivity index is 3.72. The Morgan fingerprint density at radius 3 is 2.50 bits per heavy atom. The number of aliphatic imine (C=N–C) groups is 1. The average molecular weight is 113 g/mol. The fraction of sp³-hybridized carbons (Fsp3) is 0.600. The summed E-state index contributed by atoms with van der Waals surface area (Å²) < 4.78 is 0. The van der Waals surface area contributed by atoms with Gasteiger partial charge in [0.25, 0.3) is 0 Å². The fourth-order valence-corrected chi connectivity index (χ4v) is 0.365. The number of hydrazone groups is 1. The summed E-state index contributed by atoms with van der Waals surface area (Å²) in [5.74, 6) is 4.97. The van der Waals surface area contributed by atoms with Crippen LogP contribution in [0.5, 0.6) is 0 Å². The Kier molecular flexibility index (Phi) is 3.84. The first-order valence-electron chi connectivity index (χ1n) is 2.54. The number of hydrogen-bond donors (Lipinski definition) is 1. The van der Waals surface area contributed by atoms with E-state index in [1.807, 2.05) is 6.92 Å². The van der Waals surface area contributed by atoms with Crippen molar-refractivity contribution in [2.75, 3.05) is 7.05 Å². The van der Waals surface area contributed by atoms with Crippen molar-refractivity contribution in [1.29, 1.82) is 0 Å². The lowest BCUT2D eigenvalue weighted by Crippen LogP contribution is -2.00. The van der Waals surface area contributed by atoms with E-state index >= 15 is 0 Å². The Bertz CT molecular complexity index is 101. The highest BCUT2D eigenvalue weighted by atomic mass is 15.1. The van der Waals surface area contributed by atoms with E-state index in [-0.39, 0.29) is 0 Å². The van der Waals surface area contributed by atoms with Gasteiger partial charge in [-0.1, -0.05) is 6.92 Å². The molecule has 0 aromatic rings. The van der Waals surface area contributed by atoms with Gasteiger partial charge in [-0.15, -0.1) is 0 Å². The third-order valence-corrected chi connectivity index (χ3v) is 0.806. The maximum absolute atomic E-state index is 4.97. The van der Waals surface area contributed by atoms with Gasteiger partial charge in [-0.3, -0.25) is 4.99 Å². The summed E-state index contributed by atoms with van der Waals surface area (Å²) in [5, 5.41) is 3.46. The molecule has 0 aliphatic carbocycles. The van der Waals surface area contributed by atoms with Gasteiger partial charge in [-0.05, 0) is 6.42 Å². The van der Waals surface area contributed by atoms with Crippen molar-refractivity contribution in [2.24, 2.45) is 15.9 Å². The molecule has 0 heterocycles. The topological polar surface area (TPSA) is 50.7 Å². The lowest BCUT2D eigenvalue weighted by atomic mass is 10.3. The molecule has 0 saturated heterocycles. The highest BCUT2D eigenvalue weighted by Crippen LogP contribution is 1.77. The van der Waals surface area contributed by atoms with E-state index in [1.165, 1.54) is 0 Å². The largest absolute Gasteiger partial charge is 0.323 e. The molecule has 0 atom stereocenters. The van der Waals surface area contributed by atoms with Gasteiger partial charge in [0.1, 0.15) is 0 Å². The zero-order valence-corrected chi connectivity index (χ0v) is 5.26. The van der Waals surface area contributed by atoms with E-state index in [0.717, 1.165) is 12.1 Å². The van der Waals surface area contributed by atoms with Crippen molar-refractivity contribution in [3.05, 3.63) is 0 Å². The van der Waals surface area contributed by atoms with Crippen LogP contribution >= 0.6 is 0 Å². The average Bonchev–Trinajstić information content (AvgIpc) is 1.83. The predicted octanol–water partition coefficient (Wildman–Crippen LogP) is 0.412. The van der Waals surface area contributed by atoms with E-state index in [4.69, 9.17) is 5.84 Å². The van der Waals surface area contributed by atoms with Crippen LogP contribution in [0.25, 0.3) is 0 Å². The summed E-state index contributed by atoms with van der Waals surface area (Å²) in [4.78, 5) is 3.74. The summed E-state index contributed by atoms with van der Waals surface area (Å²) in [6, 6.07) is 0. The normalized spacial score (nSPS) is 13.0. The Morgan fingerprint density at radius 1 is 1.75 bits per heavy atom. The molecule has 0 unspecified atom stereocenters. The van der Waals surface area contributed by atoms with Gasteiger partial charge in [0.05, 0.1) is 5.71 Å². The van der Waals surface area contributed by atoms with Gasteiger partial charge in [0.15, 0.2) is 0 Å². The van der Waals surface area contributed by atoms with Gasteiger partial charge < -0.3 is 5.84 Å². The second kappa shape index (κ2) is 4.30. The van der Waals surface area contributed by atoms with Crippen LogP contribution in [-0.2, 0) is 0 Å². The van der Waals surface area contributed by atoms with Crippen LogP contribution in [0.15, 0.2) is 10.1 Å². The van der Waals surface area contributed by atoms with E-state index in [1.54, 1.807) is 13.3 Å². The van der Waals surface area contributed by atoms with Crippen LogP contribution in [0.4, 0.5) is 0 Å². The first kappa shape index (κ1) is 7.14. The van der Waals surface area contributed by atoms with Gasteiger partial charge in [-0.25, -0.2) is 0 Å². The molecule has 0 aromatic heterocycles. The molecule has 3 heteroatoms. The molecule has 0 aromatic carbocycles. The summed E-state index contributed by atoms with van der Waals surface area (Å²) in [5.41, 5.74) is 0.826. The van der Waals surface area contributed by atoms with E-state index in [0.29, 0.717) is 0 Å². The molecule has 0 saturated carbocycles. The molecular weight excluding hydrogens is 102 g/mol. The van der Waals surface area contributed by atoms with Crippen molar-refractivity contribution < 1.29 is 0 Å². The summed E-state index contributed by atoms with van der Waals surface area (Å²) in [6.07, 6.45) is 2.49. The van der Waals surface area contributed by atoms with Crippen LogP contribution in [-0.4, -0.2) is 19.0 Å². The number of nitrogens with zero attached hydrogens (tertiary/aromatic N) is 2. The van der Waals surface area contributed by atoms with E-state index < -0.39 is 0 Å². The summed E-state index contributed by atoms with van der Waals surface area (Å²) in [6.45, 7) is 1.98. The molecule has 0 rings (SSSR count). The lowest BCUT2D eigenvalue weighted by Gasteiger charge is -1.87. The van der Waals surface area contributed by atoms with Gasteiger partial charge in [-0.2, -0.15) is 5.10 Å². The van der Waals surface area contributed by atoms with Crippen molar-refractivity contribution >= 4 is 11.9 Å². The minimum Gasteiger partial charge on any atom is -0.323 e. The molecule has 0 fully saturated rings. The second-order valence-electron chi connectivity index (χ2n) is 1.36. The quantitative estimate of drug-likeness (QED) is 0.315. The predicted molar refractivity (Wildman–Crippen MR) is 36.3 cm³/mol. The van der Waals surface area contributed by atoms with Crippen molar-refractivity contribution in [3.8, 4) is 0 Å². The van der Waals surface area contributed by atoms with Gasteiger partial charge in [0, 0.05) is 13.3 Å². The molecule has 8 heavy (non-hydrogen) atoms. The van der Waals surface area contributed by atoms with Crippen LogP contribution in [0, 0.1) is 0 Å². The molecule has 46 valence electrons. The van der Waals surface area contributed by atoms with Crippen LogP contribution in [0.2, 0.25) is 0 Å². The van der Waals surface area contributed by atoms with Crippen molar-refractivity contribution in [2.45, 2.75) is 13.3 Å². The highest BCUT2D eigenvalue weighted by Gasteiger charge is 1.84. The third kappa shape index (κ3) is 2.34. The summed E-state index contributed by atoms with van der Waals surface area (Å²) >= 11 is 0. The maximum atomic E-state index is 4.97. The summed E-state index contributed by atoms with van der Waals surface area (Å²) in [7, 11) is 1.70.